The Morgan fingerprint density at radius 3 is 2.50 bits per heavy atom. The van der Waals surface area contributed by atoms with Gasteiger partial charge in [0.05, 0.1) is 4.92 Å². The van der Waals surface area contributed by atoms with Gasteiger partial charge in [-0.25, -0.2) is 0 Å². The van der Waals surface area contributed by atoms with E-state index < -0.39 is 0 Å². The minimum Gasteiger partial charge on any atom is -0.375 e. The van der Waals surface area contributed by atoms with Gasteiger partial charge in [-0.1, -0.05) is 35.9 Å². The van der Waals surface area contributed by atoms with Crippen molar-refractivity contribution in [2.75, 3.05) is 5.32 Å². The SMILES string of the molecule is Cc1cccc(CNc2c(C)cc(C)cc2[N+](=O)[O-])c1. The highest BCUT2D eigenvalue weighted by Crippen LogP contribution is 2.30. The largest absolute Gasteiger partial charge is 0.375 e. The van der Waals surface area contributed by atoms with Crippen LogP contribution < -0.4 is 5.32 Å². The molecule has 2 aromatic rings. The monoisotopic (exact) mass is 270 g/mol. The van der Waals surface area contributed by atoms with E-state index in [9.17, 15) is 10.1 Å². The summed E-state index contributed by atoms with van der Waals surface area (Å²) in [6.45, 7) is 6.36. The molecule has 104 valence electrons. The Balaban J connectivity index is 2.27. The quantitative estimate of drug-likeness (QED) is 0.671. The van der Waals surface area contributed by atoms with Gasteiger partial charge in [0.2, 0.25) is 0 Å². The molecule has 0 aliphatic heterocycles. The van der Waals surface area contributed by atoms with Gasteiger partial charge < -0.3 is 5.32 Å². The number of anilines is 1. The Hall–Kier alpha value is -2.36. The molecule has 4 nitrogen and oxygen atoms in total. The van der Waals surface area contributed by atoms with Crippen LogP contribution in [-0.4, -0.2) is 4.92 Å². The van der Waals surface area contributed by atoms with Crippen LogP contribution >= 0.6 is 0 Å². The zero-order valence-corrected chi connectivity index (χ0v) is 11.9. The summed E-state index contributed by atoms with van der Waals surface area (Å²) < 4.78 is 0. The van der Waals surface area contributed by atoms with Crippen LogP contribution in [0.15, 0.2) is 36.4 Å². The lowest BCUT2D eigenvalue weighted by molar-refractivity contribution is -0.384. The molecule has 0 saturated heterocycles. The van der Waals surface area contributed by atoms with Gasteiger partial charge in [0.25, 0.3) is 5.69 Å². The number of benzene rings is 2. The lowest BCUT2D eigenvalue weighted by Crippen LogP contribution is -2.05. The molecule has 0 radical (unpaired) electrons. The summed E-state index contributed by atoms with van der Waals surface area (Å²) in [4.78, 5) is 10.8. The third kappa shape index (κ3) is 3.15. The van der Waals surface area contributed by atoms with Crippen LogP contribution in [0.5, 0.6) is 0 Å². The van der Waals surface area contributed by atoms with E-state index in [1.54, 1.807) is 6.07 Å². The van der Waals surface area contributed by atoms with Crippen molar-refractivity contribution < 1.29 is 4.92 Å². The predicted octanol–water partition coefficient (Wildman–Crippen LogP) is 4.13. The first-order valence-electron chi connectivity index (χ1n) is 6.52. The van der Waals surface area contributed by atoms with Gasteiger partial charge in [-0.2, -0.15) is 0 Å². The predicted molar refractivity (Wildman–Crippen MR) is 81.1 cm³/mol. The van der Waals surface area contributed by atoms with Crippen molar-refractivity contribution in [3.8, 4) is 0 Å². The summed E-state index contributed by atoms with van der Waals surface area (Å²) in [6, 6.07) is 11.7. The van der Waals surface area contributed by atoms with E-state index in [0.29, 0.717) is 12.2 Å². The van der Waals surface area contributed by atoms with Gasteiger partial charge >= 0.3 is 0 Å². The van der Waals surface area contributed by atoms with E-state index >= 15 is 0 Å². The fraction of sp³-hybridized carbons (Fsp3) is 0.250. The molecule has 0 aliphatic rings. The summed E-state index contributed by atoms with van der Waals surface area (Å²) in [5.41, 5.74) is 4.82. The number of hydrogen-bond donors (Lipinski definition) is 1. The van der Waals surface area contributed by atoms with E-state index in [-0.39, 0.29) is 10.6 Å². The van der Waals surface area contributed by atoms with Crippen molar-refractivity contribution in [3.05, 3.63) is 68.8 Å². The normalized spacial score (nSPS) is 10.3. The van der Waals surface area contributed by atoms with Crippen LogP contribution in [0.2, 0.25) is 0 Å². The zero-order chi connectivity index (χ0) is 14.7. The van der Waals surface area contributed by atoms with Crippen LogP contribution in [0.1, 0.15) is 22.3 Å². The van der Waals surface area contributed by atoms with Gasteiger partial charge in [-0.3, -0.25) is 10.1 Å². The van der Waals surface area contributed by atoms with Crippen molar-refractivity contribution >= 4 is 11.4 Å². The molecule has 0 aromatic heterocycles. The molecule has 0 atom stereocenters. The third-order valence-corrected chi connectivity index (χ3v) is 3.21. The van der Waals surface area contributed by atoms with Gasteiger partial charge in [-0.15, -0.1) is 0 Å². The second kappa shape index (κ2) is 5.74. The second-order valence-corrected chi connectivity index (χ2v) is 5.08. The molecule has 0 amide bonds. The van der Waals surface area contributed by atoms with Crippen molar-refractivity contribution in [1.82, 2.24) is 0 Å². The van der Waals surface area contributed by atoms with E-state index in [4.69, 9.17) is 0 Å². The van der Waals surface area contributed by atoms with Crippen LogP contribution in [0.4, 0.5) is 11.4 Å². The minimum atomic E-state index is -0.335. The fourth-order valence-electron chi connectivity index (χ4n) is 2.33. The Kier molecular flexibility index (Phi) is 4.03. The van der Waals surface area contributed by atoms with Crippen LogP contribution in [0, 0.1) is 30.9 Å². The molecule has 0 saturated carbocycles. The number of nitro groups is 1. The van der Waals surface area contributed by atoms with E-state index in [0.717, 1.165) is 16.7 Å². The van der Waals surface area contributed by atoms with Crippen molar-refractivity contribution in [1.29, 1.82) is 0 Å². The number of hydrogen-bond acceptors (Lipinski definition) is 3. The van der Waals surface area contributed by atoms with Gasteiger partial charge in [0.15, 0.2) is 0 Å². The maximum absolute atomic E-state index is 11.2. The van der Waals surface area contributed by atoms with Crippen molar-refractivity contribution in [2.24, 2.45) is 0 Å². The maximum atomic E-state index is 11.2. The molecule has 2 rings (SSSR count). The van der Waals surface area contributed by atoms with Crippen molar-refractivity contribution in [3.63, 3.8) is 0 Å². The average molecular weight is 270 g/mol. The van der Waals surface area contributed by atoms with Crippen LogP contribution in [0.3, 0.4) is 0 Å². The standard InChI is InChI=1S/C16H18N2O2/c1-11-5-4-6-14(8-11)10-17-16-13(3)7-12(2)9-15(16)18(19)20/h4-9,17H,10H2,1-3H3. The Bertz CT molecular complexity index is 651. The molecular weight excluding hydrogens is 252 g/mol. The summed E-state index contributed by atoms with van der Waals surface area (Å²) >= 11 is 0. The summed E-state index contributed by atoms with van der Waals surface area (Å²) in [7, 11) is 0. The molecule has 4 heteroatoms. The van der Waals surface area contributed by atoms with E-state index in [2.05, 4.69) is 11.4 Å². The van der Waals surface area contributed by atoms with Crippen LogP contribution in [0.25, 0.3) is 0 Å². The molecule has 20 heavy (non-hydrogen) atoms. The van der Waals surface area contributed by atoms with Crippen molar-refractivity contribution in [2.45, 2.75) is 27.3 Å². The summed E-state index contributed by atoms with van der Waals surface area (Å²) in [5.74, 6) is 0. The summed E-state index contributed by atoms with van der Waals surface area (Å²) in [6.07, 6.45) is 0. The number of aryl methyl sites for hydroxylation is 3. The molecule has 0 aliphatic carbocycles. The third-order valence-electron chi connectivity index (χ3n) is 3.21. The molecule has 2 aromatic carbocycles. The zero-order valence-electron chi connectivity index (χ0n) is 11.9. The Morgan fingerprint density at radius 2 is 1.85 bits per heavy atom. The highest BCUT2D eigenvalue weighted by atomic mass is 16.6. The first kappa shape index (κ1) is 14.1. The molecular formula is C16H18N2O2. The smallest absolute Gasteiger partial charge is 0.292 e. The lowest BCUT2D eigenvalue weighted by Gasteiger charge is -2.11. The topological polar surface area (TPSA) is 55.2 Å². The molecule has 0 fully saturated rings. The number of nitrogens with one attached hydrogen (secondary N) is 1. The van der Waals surface area contributed by atoms with E-state index in [1.807, 2.05) is 45.0 Å². The molecule has 0 unspecified atom stereocenters. The first-order valence-corrected chi connectivity index (χ1v) is 6.52. The van der Waals surface area contributed by atoms with Crippen LogP contribution in [-0.2, 0) is 6.54 Å². The van der Waals surface area contributed by atoms with Gasteiger partial charge in [-0.05, 0) is 37.5 Å². The fourth-order valence-corrected chi connectivity index (χ4v) is 2.33. The number of rotatable bonds is 4. The lowest BCUT2D eigenvalue weighted by atomic mass is 10.1. The Morgan fingerprint density at radius 1 is 1.10 bits per heavy atom. The second-order valence-electron chi connectivity index (χ2n) is 5.08. The molecule has 0 bridgehead atoms. The molecule has 0 spiro atoms. The highest BCUT2D eigenvalue weighted by Gasteiger charge is 2.16. The minimum absolute atomic E-state index is 0.134. The molecule has 0 heterocycles. The Labute approximate surface area is 118 Å². The van der Waals surface area contributed by atoms with Gasteiger partial charge in [0, 0.05) is 12.6 Å². The van der Waals surface area contributed by atoms with Gasteiger partial charge in [0.1, 0.15) is 5.69 Å². The first-order chi connectivity index (χ1) is 9.47. The number of nitro benzene ring substituents is 1. The molecule has 1 N–H and O–H groups in total. The summed E-state index contributed by atoms with van der Waals surface area (Å²) in [5, 5.41) is 14.3. The number of nitrogens with zero attached hydrogens (tertiary/aromatic N) is 1. The van der Waals surface area contributed by atoms with E-state index in [1.165, 1.54) is 5.56 Å². The average Bonchev–Trinajstić information content (AvgIpc) is 2.36. The maximum Gasteiger partial charge on any atom is 0.292 e. The highest BCUT2D eigenvalue weighted by molar-refractivity contribution is 5.67.